The third-order valence-corrected chi connectivity index (χ3v) is 1.42. The first-order valence-corrected chi connectivity index (χ1v) is 3.64. The van der Waals surface area contributed by atoms with E-state index in [1.165, 1.54) is 0 Å². The Hall–Kier alpha value is -2.02. The van der Waals surface area contributed by atoms with E-state index >= 15 is 0 Å². The molecule has 0 unspecified atom stereocenters. The van der Waals surface area contributed by atoms with Crippen LogP contribution in [0.5, 0.6) is 0 Å². The maximum atomic E-state index is 10.4. The maximum absolute atomic E-state index is 10.4. The number of hydrogen-bond donors (Lipinski definition) is 2. The van der Waals surface area contributed by atoms with Gasteiger partial charge in [0, 0.05) is 5.92 Å². The zero-order valence-electron chi connectivity index (χ0n) is 7.16. The molecule has 0 saturated heterocycles. The number of hydrogen-bond acceptors (Lipinski definition) is 3. The Morgan fingerprint density at radius 3 is 2.85 bits per heavy atom. The van der Waals surface area contributed by atoms with Crippen molar-refractivity contribution in [1.29, 1.82) is 0 Å². The molecule has 0 atom stereocenters. The minimum Gasteiger partial charge on any atom is -0.384 e. The van der Waals surface area contributed by atoms with Crippen LogP contribution in [0, 0.1) is 18.8 Å². The lowest BCUT2D eigenvalue weighted by Crippen LogP contribution is -2.06. The molecule has 4 nitrogen and oxygen atoms in total. The topological polar surface area (TPSA) is 82.0 Å². The van der Waals surface area contributed by atoms with Gasteiger partial charge in [-0.1, -0.05) is 6.07 Å². The van der Waals surface area contributed by atoms with Gasteiger partial charge in [-0.3, -0.25) is 4.79 Å². The first kappa shape index (κ1) is 9.07. The highest BCUT2D eigenvalue weighted by atomic mass is 16.1. The molecular weight excluding hydrogens is 166 g/mol. The molecule has 0 spiro atoms. The van der Waals surface area contributed by atoms with E-state index in [-0.39, 0.29) is 0 Å². The summed E-state index contributed by atoms with van der Waals surface area (Å²) >= 11 is 0. The van der Waals surface area contributed by atoms with Crippen LogP contribution in [0.3, 0.4) is 0 Å². The van der Waals surface area contributed by atoms with Crippen LogP contribution in [0.2, 0.25) is 0 Å². The summed E-state index contributed by atoms with van der Waals surface area (Å²) in [7, 11) is 0. The molecule has 1 aromatic rings. The molecule has 13 heavy (non-hydrogen) atoms. The van der Waals surface area contributed by atoms with Crippen LogP contribution in [0.4, 0.5) is 5.82 Å². The molecule has 0 aliphatic heterocycles. The molecule has 66 valence electrons. The van der Waals surface area contributed by atoms with Gasteiger partial charge in [-0.15, -0.1) is 0 Å². The smallest absolute Gasteiger partial charge is 0.293 e. The predicted molar refractivity (Wildman–Crippen MR) is 49.5 cm³/mol. The summed E-state index contributed by atoms with van der Waals surface area (Å²) in [4.78, 5) is 14.3. The first-order chi connectivity index (χ1) is 6.09. The maximum Gasteiger partial charge on any atom is 0.293 e. The molecule has 1 aromatic heterocycles. The quantitative estimate of drug-likeness (QED) is 0.536. The number of amides is 1. The van der Waals surface area contributed by atoms with Crippen molar-refractivity contribution in [3.05, 3.63) is 23.4 Å². The van der Waals surface area contributed by atoms with E-state index in [4.69, 9.17) is 11.5 Å². The Balaban J connectivity index is 3.09. The van der Waals surface area contributed by atoms with E-state index in [1.54, 1.807) is 12.1 Å². The second-order valence-electron chi connectivity index (χ2n) is 2.52. The zero-order chi connectivity index (χ0) is 9.84. The number of nitrogens with zero attached hydrogens (tertiary/aromatic N) is 1. The lowest BCUT2D eigenvalue weighted by atomic mass is 10.2. The molecule has 0 radical (unpaired) electrons. The van der Waals surface area contributed by atoms with Gasteiger partial charge in [0.25, 0.3) is 5.91 Å². The van der Waals surface area contributed by atoms with Crippen molar-refractivity contribution in [2.75, 3.05) is 5.73 Å². The Kier molecular flexibility index (Phi) is 2.50. The average Bonchev–Trinajstić information content (AvgIpc) is 2.06. The van der Waals surface area contributed by atoms with Crippen molar-refractivity contribution in [2.24, 2.45) is 5.73 Å². The lowest BCUT2D eigenvalue weighted by molar-refractivity contribution is -0.112. The summed E-state index contributed by atoms with van der Waals surface area (Å²) in [5.41, 5.74) is 11.6. The number of anilines is 1. The van der Waals surface area contributed by atoms with Gasteiger partial charge in [-0.05, 0) is 24.5 Å². The van der Waals surface area contributed by atoms with Crippen molar-refractivity contribution in [1.82, 2.24) is 4.98 Å². The second-order valence-corrected chi connectivity index (χ2v) is 2.52. The fraction of sp³-hybridized carbons (Fsp3) is 0.111. The number of aryl methyl sites for hydroxylation is 1. The Bertz CT molecular complexity index is 401. The number of nitrogens with two attached hydrogens (primary N) is 2. The van der Waals surface area contributed by atoms with Crippen molar-refractivity contribution in [3.8, 4) is 11.8 Å². The minimum absolute atomic E-state index is 0.374. The lowest BCUT2D eigenvalue weighted by Gasteiger charge is -1.97. The van der Waals surface area contributed by atoms with E-state index in [9.17, 15) is 4.79 Å². The van der Waals surface area contributed by atoms with E-state index < -0.39 is 5.91 Å². The van der Waals surface area contributed by atoms with Crippen LogP contribution in [0.1, 0.15) is 11.3 Å². The standard InChI is InChI=1S/C9H9N3O/c1-6-2-4-8(10)12-7(6)3-5-9(11)13/h2,4H,1H3,(H2,10,12)(H2,11,13). The molecule has 1 rings (SSSR count). The van der Waals surface area contributed by atoms with Crippen LogP contribution in [-0.4, -0.2) is 10.9 Å². The summed E-state index contributed by atoms with van der Waals surface area (Å²) in [6, 6.07) is 3.46. The van der Waals surface area contributed by atoms with Crippen LogP contribution in [0.25, 0.3) is 0 Å². The SMILES string of the molecule is Cc1ccc(N)nc1C#CC(N)=O. The van der Waals surface area contributed by atoms with Crippen LogP contribution in [0.15, 0.2) is 12.1 Å². The van der Waals surface area contributed by atoms with Gasteiger partial charge in [0.05, 0.1) is 0 Å². The average molecular weight is 175 g/mol. The van der Waals surface area contributed by atoms with Gasteiger partial charge in [0.2, 0.25) is 0 Å². The molecule has 4 heteroatoms. The summed E-state index contributed by atoms with van der Waals surface area (Å²) in [6.45, 7) is 1.83. The molecule has 4 N–H and O–H groups in total. The third kappa shape index (κ3) is 2.49. The highest BCUT2D eigenvalue weighted by Gasteiger charge is 1.96. The van der Waals surface area contributed by atoms with E-state index in [1.807, 2.05) is 6.92 Å². The van der Waals surface area contributed by atoms with Gasteiger partial charge in [-0.25, -0.2) is 4.98 Å². The number of rotatable bonds is 0. The summed E-state index contributed by atoms with van der Waals surface area (Å²) in [6.07, 6.45) is 0. The number of carbonyl (C=O) groups excluding carboxylic acids is 1. The molecule has 0 saturated carbocycles. The Morgan fingerprint density at radius 2 is 2.23 bits per heavy atom. The number of primary amides is 1. The molecular formula is C9H9N3O. The number of pyridine rings is 1. The largest absolute Gasteiger partial charge is 0.384 e. The Labute approximate surface area is 76.0 Å². The van der Waals surface area contributed by atoms with Gasteiger partial charge >= 0.3 is 0 Å². The number of nitrogen functional groups attached to an aromatic ring is 1. The van der Waals surface area contributed by atoms with Crippen molar-refractivity contribution in [2.45, 2.75) is 6.92 Å². The van der Waals surface area contributed by atoms with Gasteiger partial charge in [0.1, 0.15) is 11.5 Å². The summed E-state index contributed by atoms with van der Waals surface area (Å²) in [5.74, 6) is 4.44. The molecule has 1 heterocycles. The molecule has 1 amide bonds. The van der Waals surface area contributed by atoms with Crippen LogP contribution >= 0.6 is 0 Å². The van der Waals surface area contributed by atoms with Crippen LogP contribution in [-0.2, 0) is 4.79 Å². The molecule has 0 fully saturated rings. The molecule has 0 aromatic carbocycles. The monoisotopic (exact) mass is 175 g/mol. The molecule has 0 aliphatic rings. The Morgan fingerprint density at radius 1 is 1.54 bits per heavy atom. The number of aromatic nitrogens is 1. The van der Waals surface area contributed by atoms with Crippen molar-refractivity contribution < 1.29 is 4.79 Å². The predicted octanol–water partition coefficient (Wildman–Crippen LogP) is -0.191. The fourth-order valence-corrected chi connectivity index (χ4v) is 0.791. The molecule has 0 aliphatic carbocycles. The van der Waals surface area contributed by atoms with Crippen LogP contribution < -0.4 is 11.5 Å². The highest BCUT2D eigenvalue weighted by molar-refractivity contribution is 5.92. The van der Waals surface area contributed by atoms with Crippen molar-refractivity contribution >= 4 is 11.7 Å². The van der Waals surface area contributed by atoms with E-state index in [0.717, 1.165) is 5.56 Å². The summed E-state index contributed by atoms with van der Waals surface area (Å²) in [5, 5.41) is 0. The normalized spacial score (nSPS) is 8.69. The van der Waals surface area contributed by atoms with Crippen molar-refractivity contribution in [3.63, 3.8) is 0 Å². The fourth-order valence-electron chi connectivity index (χ4n) is 0.791. The second kappa shape index (κ2) is 3.59. The first-order valence-electron chi connectivity index (χ1n) is 3.64. The molecule has 0 bridgehead atoms. The van der Waals surface area contributed by atoms with E-state index in [2.05, 4.69) is 16.8 Å². The summed E-state index contributed by atoms with van der Waals surface area (Å²) < 4.78 is 0. The third-order valence-electron chi connectivity index (χ3n) is 1.42. The number of carbonyl (C=O) groups is 1. The van der Waals surface area contributed by atoms with E-state index in [0.29, 0.717) is 11.5 Å². The minimum atomic E-state index is -0.677. The highest BCUT2D eigenvalue weighted by Crippen LogP contribution is 2.05. The van der Waals surface area contributed by atoms with Gasteiger partial charge in [-0.2, -0.15) is 0 Å². The van der Waals surface area contributed by atoms with Gasteiger partial charge < -0.3 is 11.5 Å². The van der Waals surface area contributed by atoms with Gasteiger partial charge in [0.15, 0.2) is 0 Å². The zero-order valence-corrected chi connectivity index (χ0v) is 7.16.